The molecule has 0 aromatic carbocycles. The number of fused-ring (bicyclic) bond motifs is 1. The van der Waals surface area contributed by atoms with Gasteiger partial charge in [0, 0.05) is 10.4 Å². The molecule has 0 N–H and O–H groups in total. The lowest BCUT2D eigenvalue weighted by Gasteiger charge is -2.15. The Labute approximate surface area is 96.5 Å². The van der Waals surface area contributed by atoms with E-state index < -0.39 is 0 Å². The lowest BCUT2D eigenvalue weighted by molar-refractivity contribution is 0.0833. The zero-order chi connectivity index (χ0) is 11.9. The standard InChI is InChI=1S/C11H10O4S/c1-5-4-6-7(12)9(14-2)10(15-3)8(13)11(6)16-5/h4H,1-3H3. The van der Waals surface area contributed by atoms with E-state index in [2.05, 4.69) is 0 Å². The van der Waals surface area contributed by atoms with Gasteiger partial charge in [-0.1, -0.05) is 0 Å². The van der Waals surface area contributed by atoms with Crippen LogP contribution in [-0.2, 0) is 9.47 Å². The van der Waals surface area contributed by atoms with Gasteiger partial charge in [-0.15, -0.1) is 11.3 Å². The Morgan fingerprint density at radius 1 is 1.06 bits per heavy atom. The summed E-state index contributed by atoms with van der Waals surface area (Å²) in [6.07, 6.45) is 0. The predicted molar refractivity (Wildman–Crippen MR) is 58.8 cm³/mol. The number of thiophene rings is 1. The van der Waals surface area contributed by atoms with E-state index in [0.29, 0.717) is 10.4 Å². The number of hydrogen-bond donors (Lipinski definition) is 0. The summed E-state index contributed by atoms with van der Waals surface area (Å²) in [6, 6.07) is 1.70. The summed E-state index contributed by atoms with van der Waals surface area (Å²) in [6.45, 7) is 1.85. The van der Waals surface area contributed by atoms with E-state index in [-0.39, 0.29) is 23.1 Å². The van der Waals surface area contributed by atoms with Gasteiger partial charge in [0.1, 0.15) is 0 Å². The van der Waals surface area contributed by atoms with Crippen LogP contribution in [0.15, 0.2) is 17.6 Å². The van der Waals surface area contributed by atoms with Gasteiger partial charge in [-0.05, 0) is 13.0 Å². The number of Topliss-reactive ketones (excluding diaryl/α,β-unsaturated/α-hetero) is 2. The van der Waals surface area contributed by atoms with Crippen LogP contribution in [0.5, 0.6) is 0 Å². The minimum Gasteiger partial charge on any atom is -0.489 e. The molecule has 1 aromatic heterocycles. The molecule has 0 amide bonds. The van der Waals surface area contributed by atoms with Crippen molar-refractivity contribution in [3.8, 4) is 0 Å². The van der Waals surface area contributed by atoms with Crippen LogP contribution >= 0.6 is 11.3 Å². The average molecular weight is 238 g/mol. The van der Waals surface area contributed by atoms with Crippen molar-refractivity contribution in [2.75, 3.05) is 14.2 Å². The molecule has 1 heterocycles. The number of methoxy groups -OCH3 is 2. The molecule has 0 aliphatic heterocycles. The van der Waals surface area contributed by atoms with Gasteiger partial charge in [0.05, 0.1) is 19.1 Å². The molecule has 0 bridgehead atoms. The number of allylic oxidation sites excluding steroid dienone is 2. The highest BCUT2D eigenvalue weighted by Crippen LogP contribution is 2.32. The number of rotatable bonds is 2. The van der Waals surface area contributed by atoms with Crippen LogP contribution in [0.25, 0.3) is 0 Å². The fraction of sp³-hybridized carbons (Fsp3) is 0.273. The highest BCUT2D eigenvalue weighted by Gasteiger charge is 2.36. The van der Waals surface area contributed by atoms with Gasteiger partial charge in [-0.25, -0.2) is 0 Å². The van der Waals surface area contributed by atoms with Gasteiger partial charge in [0.15, 0.2) is 0 Å². The SMILES string of the molecule is COC1=C(OC)C(=O)c2sc(C)cc2C1=O. The van der Waals surface area contributed by atoms with Gasteiger partial charge >= 0.3 is 0 Å². The minimum atomic E-state index is -0.293. The Hall–Kier alpha value is -1.62. The summed E-state index contributed by atoms with van der Waals surface area (Å²) < 4.78 is 9.87. The second-order valence-electron chi connectivity index (χ2n) is 3.32. The smallest absolute Gasteiger partial charge is 0.242 e. The summed E-state index contributed by atoms with van der Waals surface area (Å²) in [5, 5.41) is 0. The van der Waals surface area contributed by atoms with E-state index in [1.54, 1.807) is 6.07 Å². The molecule has 0 unspecified atom stereocenters. The van der Waals surface area contributed by atoms with Crippen molar-refractivity contribution in [2.24, 2.45) is 0 Å². The average Bonchev–Trinajstić information content (AvgIpc) is 2.65. The largest absolute Gasteiger partial charge is 0.489 e. The molecule has 0 spiro atoms. The van der Waals surface area contributed by atoms with Gasteiger partial charge < -0.3 is 9.47 Å². The van der Waals surface area contributed by atoms with Crippen LogP contribution in [0.3, 0.4) is 0 Å². The van der Waals surface area contributed by atoms with Crippen LogP contribution in [0.4, 0.5) is 0 Å². The second-order valence-corrected chi connectivity index (χ2v) is 4.58. The molecule has 84 valence electrons. The van der Waals surface area contributed by atoms with Crippen LogP contribution in [0.1, 0.15) is 24.9 Å². The number of ketones is 2. The van der Waals surface area contributed by atoms with E-state index in [1.165, 1.54) is 25.6 Å². The molecule has 4 nitrogen and oxygen atoms in total. The Bertz CT molecular complexity index is 467. The lowest BCUT2D eigenvalue weighted by atomic mass is 10.00. The third-order valence-electron chi connectivity index (χ3n) is 2.33. The number of carbonyl (C=O) groups is 2. The molecule has 5 heteroatoms. The van der Waals surface area contributed by atoms with Gasteiger partial charge in [0.2, 0.25) is 23.1 Å². The monoisotopic (exact) mass is 238 g/mol. The molecule has 0 radical (unpaired) electrons. The van der Waals surface area contributed by atoms with Crippen LogP contribution in [-0.4, -0.2) is 25.8 Å². The summed E-state index contributed by atoms with van der Waals surface area (Å²) in [4.78, 5) is 25.3. The molecule has 1 aliphatic carbocycles. The highest BCUT2D eigenvalue weighted by atomic mass is 32.1. The van der Waals surface area contributed by atoms with Gasteiger partial charge in [-0.3, -0.25) is 9.59 Å². The van der Waals surface area contributed by atoms with Crippen LogP contribution < -0.4 is 0 Å². The Morgan fingerprint density at radius 3 is 2.19 bits per heavy atom. The quantitative estimate of drug-likeness (QED) is 0.790. The predicted octanol–water partition coefficient (Wildman–Crippen LogP) is 1.94. The molecular formula is C11H10O4S. The summed E-state index contributed by atoms with van der Waals surface area (Å²) in [5.41, 5.74) is 0.408. The summed E-state index contributed by atoms with van der Waals surface area (Å²) in [5.74, 6) is -0.606. The second kappa shape index (κ2) is 3.75. The third kappa shape index (κ3) is 1.36. The van der Waals surface area contributed by atoms with Crippen LogP contribution in [0, 0.1) is 6.92 Å². The first kappa shape index (κ1) is 10.9. The van der Waals surface area contributed by atoms with Crippen molar-refractivity contribution in [1.29, 1.82) is 0 Å². The van der Waals surface area contributed by atoms with Crippen molar-refractivity contribution in [3.63, 3.8) is 0 Å². The molecule has 16 heavy (non-hydrogen) atoms. The topological polar surface area (TPSA) is 52.6 Å². The Balaban J connectivity index is 2.65. The van der Waals surface area contributed by atoms with Crippen molar-refractivity contribution >= 4 is 22.9 Å². The zero-order valence-electron chi connectivity index (χ0n) is 9.12. The van der Waals surface area contributed by atoms with Crippen molar-refractivity contribution in [1.82, 2.24) is 0 Å². The molecule has 0 atom stereocenters. The highest BCUT2D eigenvalue weighted by molar-refractivity contribution is 7.14. The van der Waals surface area contributed by atoms with E-state index in [0.717, 1.165) is 4.88 Å². The molecule has 0 fully saturated rings. The molecule has 1 aromatic rings. The number of carbonyl (C=O) groups excluding carboxylic acids is 2. The van der Waals surface area contributed by atoms with Crippen molar-refractivity contribution < 1.29 is 19.1 Å². The number of hydrogen-bond acceptors (Lipinski definition) is 5. The number of aryl methyl sites for hydroxylation is 1. The summed E-state index contributed by atoms with van der Waals surface area (Å²) in [7, 11) is 2.70. The van der Waals surface area contributed by atoms with Gasteiger partial charge in [0.25, 0.3) is 0 Å². The first-order chi connectivity index (χ1) is 7.60. The maximum atomic E-state index is 12.0. The van der Waals surface area contributed by atoms with E-state index in [9.17, 15) is 9.59 Å². The van der Waals surface area contributed by atoms with Crippen LogP contribution in [0.2, 0.25) is 0 Å². The Morgan fingerprint density at radius 2 is 1.62 bits per heavy atom. The normalized spacial score (nSPS) is 15.2. The molecule has 1 aliphatic rings. The van der Waals surface area contributed by atoms with Crippen molar-refractivity contribution in [2.45, 2.75) is 6.92 Å². The molecule has 0 saturated carbocycles. The van der Waals surface area contributed by atoms with Crippen molar-refractivity contribution in [3.05, 3.63) is 32.9 Å². The maximum Gasteiger partial charge on any atom is 0.242 e. The van der Waals surface area contributed by atoms with Gasteiger partial charge in [-0.2, -0.15) is 0 Å². The maximum absolute atomic E-state index is 12.0. The van der Waals surface area contributed by atoms with E-state index in [1.807, 2.05) is 6.92 Å². The fourth-order valence-corrected chi connectivity index (χ4v) is 2.60. The molecule has 2 rings (SSSR count). The summed E-state index contributed by atoms with van der Waals surface area (Å²) >= 11 is 1.29. The lowest BCUT2D eigenvalue weighted by Crippen LogP contribution is -2.22. The Kier molecular flexibility index (Phi) is 2.55. The number of ether oxygens (including phenoxy) is 2. The first-order valence-corrected chi connectivity index (χ1v) is 5.44. The van der Waals surface area contributed by atoms with E-state index >= 15 is 0 Å². The molecular weight excluding hydrogens is 228 g/mol. The zero-order valence-corrected chi connectivity index (χ0v) is 9.94. The van der Waals surface area contributed by atoms with E-state index in [4.69, 9.17) is 9.47 Å². The fourth-order valence-electron chi connectivity index (χ4n) is 1.65. The molecule has 0 saturated heterocycles. The first-order valence-electron chi connectivity index (χ1n) is 4.62. The minimum absolute atomic E-state index is 0.0122. The third-order valence-corrected chi connectivity index (χ3v) is 3.38.